The van der Waals surface area contributed by atoms with E-state index in [1.807, 2.05) is 7.05 Å². The first-order chi connectivity index (χ1) is 7.22. The van der Waals surface area contributed by atoms with Gasteiger partial charge in [0.25, 0.3) is 0 Å². The van der Waals surface area contributed by atoms with Crippen LogP contribution >= 0.6 is 38.6 Å². The summed E-state index contributed by atoms with van der Waals surface area (Å²) in [7, 11) is 2.01. The standard InChI is InChI=1S/C11H12BrNS2/c1-7-8(5-6-14-7)11(13-2)9-3-4-10(12)15-9/h3-6,11,13H,1-2H3. The second kappa shape index (κ2) is 4.78. The summed E-state index contributed by atoms with van der Waals surface area (Å²) in [4.78, 5) is 2.74. The number of hydrogen-bond donors (Lipinski definition) is 1. The van der Waals surface area contributed by atoms with Gasteiger partial charge in [0, 0.05) is 9.75 Å². The number of hydrogen-bond acceptors (Lipinski definition) is 3. The van der Waals surface area contributed by atoms with Crippen LogP contribution < -0.4 is 5.32 Å². The number of halogens is 1. The minimum absolute atomic E-state index is 0.326. The smallest absolute Gasteiger partial charge is 0.0702 e. The van der Waals surface area contributed by atoms with Gasteiger partial charge in [0.05, 0.1) is 9.83 Å². The third-order valence-corrected chi connectivity index (χ3v) is 4.93. The third kappa shape index (κ3) is 2.33. The van der Waals surface area contributed by atoms with Crippen molar-refractivity contribution in [3.05, 3.63) is 42.7 Å². The van der Waals surface area contributed by atoms with Gasteiger partial charge in [-0.05, 0) is 59.0 Å². The Morgan fingerprint density at radius 1 is 1.33 bits per heavy atom. The van der Waals surface area contributed by atoms with Crippen LogP contribution in [0.4, 0.5) is 0 Å². The van der Waals surface area contributed by atoms with Crippen LogP contribution in [0.25, 0.3) is 0 Å². The molecular weight excluding hydrogens is 290 g/mol. The summed E-state index contributed by atoms with van der Waals surface area (Å²) in [5, 5.41) is 5.52. The average Bonchev–Trinajstić information content (AvgIpc) is 2.79. The summed E-state index contributed by atoms with van der Waals surface area (Å²) in [6.45, 7) is 2.17. The molecule has 0 saturated carbocycles. The zero-order chi connectivity index (χ0) is 10.8. The molecule has 2 aromatic rings. The number of aryl methyl sites for hydroxylation is 1. The van der Waals surface area contributed by atoms with E-state index < -0.39 is 0 Å². The van der Waals surface area contributed by atoms with E-state index in [0.29, 0.717) is 6.04 Å². The zero-order valence-electron chi connectivity index (χ0n) is 8.58. The Morgan fingerprint density at radius 2 is 2.13 bits per heavy atom. The first kappa shape index (κ1) is 11.3. The second-order valence-electron chi connectivity index (χ2n) is 3.30. The fraction of sp³-hybridized carbons (Fsp3) is 0.273. The fourth-order valence-electron chi connectivity index (χ4n) is 1.63. The fourth-order valence-corrected chi connectivity index (χ4v) is 3.92. The average molecular weight is 302 g/mol. The van der Waals surface area contributed by atoms with E-state index in [2.05, 4.69) is 51.7 Å². The SMILES string of the molecule is CNC(c1ccc(Br)s1)c1ccsc1C. The van der Waals surface area contributed by atoms with Crippen LogP contribution in [0.1, 0.15) is 21.4 Å². The Hall–Kier alpha value is -0.160. The van der Waals surface area contributed by atoms with Crippen LogP contribution in [-0.4, -0.2) is 7.05 Å². The van der Waals surface area contributed by atoms with Crippen molar-refractivity contribution < 1.29 is 0 Å². The van der Waals surface area contributed by atoms with E-state index in [1.165, 1.54) is 19.1 Å². The normalized spacial score (nSPS) is 13.0. The van der Waals surface area contributed by atoms with Crippen molar-refractivity contribution in [1.82, 2.24) is 5.32 Å². The Morgan fingerprint density at radius 3 is 2.60 bits per heavy atom. The van der Waals surface area contributed by atoms with Gasteiger partial charge in [-0.3, -0.25) is 0 Å². The van der Waals surface area contributed by atoms with Crippen molar-refractivity contribution in [2.75, 3.05) is 7.05 Å². The van der Waals surface area contributed by atoms with Crippen molar-refractivity contribution in [2.24, 2.45) is 0 Å². The van der Waals surface area contributed by atoms with Gasteiger partial charge in [0.2, 0.25) is 0 Å². The van der Waals surface area contributed by atoms with Gasteiger partial charge in [-0.25, -0.2) is 0 Å². The van der Waals surface area contributed by atoms with Crippen LogP contribution in [0.3, 0.4) is 0 Å². The Labute approximate surface area is 106 Å². The topological polar surface area (TPSA) is 12.0 Å². The molecule has 0 aliphatic heterocycles. The van der Waals surface area contributed by atoms with Crippen LogP contribution in [0.15, 0.2) is 27.4 Å². The predicted molar refractivity (Wildman–Crippen MR) is 72.0 cm³/mol. The molecule has 1 atom stereocenters. The van der Waals surface area contributed by atoms with Crippen molar-refractivity contribution in [3.63, 3.8) is 0 Å². The summed E-state index contributed by atoms with van der Waals surface area (Å²) in [6.07, 6.45) is 0. The molecule has 15 heavy (non-hydrogen) atoms. The van der Waals surface area contributed by atoms with Gasteiger partial charge < -0.3 is 5.32 Å². The number of thiophene rings is 2. The molecule has 80 valence electrons. The van der Waals surface area contributed by atoms with Crippen LogP contribution in [0.5, 0.6) is 0 Å². The molecule has 0 saturated heterocycles. The molecule has 0 aliphatic rings. The number of nitrogens with one attached hydrogen (secondary N) is 1. The van der Waals surface area contributed by atoms with Gasteiger partial charge in [0.1, 0.15) is 0 Å². The highest BCUT2D eigenvalue weighted by Crippen LogP contribution is 2.33. The van der Waals surface area contributed by atoms with Crippen LogP contribution in [0.2, 0.25) is 0 Å². The minimum Gasteiger partial charge on any atom is -0.309 e. The van der Waals surface area contributed by atoms with Gasteiger partial charge in [0.15, 0.2) is 0 Å². The summed E-state index contributed by atoms with van der Waals surface area (Å²) in [6, 6.07) is 6.81. The maximum absolute atomic E-state index is 3.50. The van der Waals surface area contributed by atoms with E-state index in [4.69, 9.17) is 0 Å². The summed E-state index contributed by atoms with van der Waals surface area (Å²) < 4.78 is 1.19. The highest BCUT2D eigenvalue weighted by atomic mass is 79.9. The van der Waals surface area contributed by atoms with Crippen LogP contribution in [0, 0.1) is 6.92 Å². The summed E-state index contributed by atoms with van der Waals surface area (Å²) in [5.41, 5.74) is 1.39. The van der Waals surface area contributed by atoms with Gasteiger partial charge in [-0.2, -0.15) is 0 Å². The first-order valence-electron chi connectivity index (χ1n) is 4.69. The molecule has 0 aliphatic carbocycles. The van der Waals surface area contributed by atoms with Crippen molar-refractivity contribution in [2.45, 2.75) is 13.0 Å². The Bertz CT molecular complexity index is 447. The van der Waals surface area contributed by atoms with Gasteiger partial charge >= 0.3 is 0 Å². The number of rotatable bonds is 3. The van der Waals surface area contributed by atoms with Gasteiger partial charge in [-0.1, -0.05) is 0 Å². The third-order valence-electron chi connectivity index (χ3n) is 2.38. The van der Waals surface area contributed by atoms with Crippen LogP contribution in [-0.2, 0) is 0 Å². The molecule has 1 N–H and O–H groups in total. The lowest BCUT2D eigenvalue weighted by atomic mass is 10.1. The maximum atomic E-state index is 3.50. The molecule has 0 fully saturated rings. The first-order valence-corrected chi connectivity index (χ1v) is 7.17. The second-order valence-corrected chi connectivity index (χ2v) is 6.91. The van der Waals surface area contributed by atoms with Crippen molar-refractivity contribution in [3.8, 4) is 0 Å². The van der Waals surface area contributed by atoms with E-state index in [1.54, 1.807) is 22.7 Å². The molecule has 0 aromatic carbocycles. The lowest BCUT2D eigenvalue weighted by Crippen LogP contribution is -2.16. The van der Waals surface area contributed by atoms with E-state index in [9.17, 15) is 0 Å². The molecule has 0 amide bonds. The molecule has 2 heterocycles. The lowest BCUT2D eigenvalue weighted by molar-refractivity contribution is 0.703. The molecule has 4 heteroatoms. The van der Waals surface area contributed by atoms with Crippen molar-refractivity contribution in [1.29, 1.82) is 0 Å². The largest absolute Gasteiger partial charge is 0.309 e. The lowest BCUT2D eigenvalue weighted by Gasteiger charge is -2.14. The van der Waals surface area contributed by atoms with E-state index in [-0.39, 0.29) is 0 Å². The van der Waals surface area contributed by atoms with E-state index in [0.717, 1.165) is 0 Å². The molecule has 2 aromatic heterocycles. The highest BCUT2D eigenvalue weighted by Gasteiger charge is 2.16. The Kier molecular flexibility index (Phi) is 3.61. The zero-order valence-corrected chi connectivity index (χ0v) is 11.8. The molecule has 2 rings (SSSR count). The summed E-state index contributed by atoms with van der Waals surface area (Å²) in [5.74, 6) is 0. The minimum atomic E-state index is 0.326. The molecule has 0 radical (unpaired) electrons. The molecular formula is C11H12BrNS2. The molecule has 1 unspecified atom stereocenters. The summed E-state index contributed by atoms with van der Waals surface area (Å²) >= 11 is 7.09. The molecule has 1 nitrogen and oxygen atoms in total. The Balaban J connectivity index is 2.36. The maximum Gasteiger partial charge on any atom is 0.0702 e. The van der Waals surface area contributed by atoms with Crippen molar-refractivity contribution >= 4 is 38.6 Å². The molecule has 0 spiro atoms. The quantitative estimate of drug-likeness (QED) is 0.896. The van der Waals surface area contributed by atoms with Gasteiger partial charge in [-0.15, -0.1) is 22.7 Å². The molecule has 0 bridgehead atoms. The van der Waals surface area contributed by atoms with E-state index >= 15 is 0 Å². The highest BCUT2D eigenvalue weighted by molar-refractivity contribution is 9.11. The predicted octanol–water partition coefficient (Wildman–Crippen LogP) is 4.19. The monoisotopic (exact) mass is 301 g/mol.